The number of sulfonamides is 1. The van der Waals surface area contributed by atoms with Crippen molar-refractivity contribution in [3.63, 3.8) is 0 Å². The number of hydrogen-bond acceptors (Lipinski definition) is 6. The van der Waals surface area contributed by atoms with Crippen molar-refractivity contribution >= 4 is 43.0 Å². The van der Waals surface area contributed by atoms with Gasteiger partial charge in [-0.2, -0.15) is 0 Å². The normalized spacial score (nSPS) is 11.4. The van der Waals surface area contributed by atoms with Crippen LogP contribution in [0.3, 0.4) is 0 Å². The Morgan fingerprint density at radius 2 is 1.72 bits per heavy atom. The third kappa shape index (κ3) is 4.67. The van der Waals surface area contributed by atoms with Crippen LogP contribution >= 0.6 is 11.3 Å². The maximum Gasteiger partial charge on any atom is 0.263 e. The second-order valence-electron chi connectivity index (χ2n) is 6.50. The number of Topliss-reactive ketones (excluding diaryl/α,β-unsaturated/α-hetero) is 1. The molecule has 146 valence electrons. The standard InChI is InChI=1S/C21H17N3O3S2/c25-19(13-18-12-16-3-1-2-4-17(16)14-23-18)11-15-5-7-20(8-6-15)29(26,27)24-21-22-9-10-28-21/h1-10,12,14H,11,13H2,(H,22,24). The SMILES string of the molecule is O=C(Cc1ccc(S(=O)(=O)Nc2nccs2)cc1)Cc1cc2ccccc2cn1. The fourth-order valence-electron chi connectivity index (χ4n) is 2.95. The molecule has 0 radical (unpaired) electrons. The number of carbonyl (C=O) groups excluding carboxylic acids is 1. The van der Waals surface area contributed by atoms with E-state index >= 15 is 0 Å². The second-order valence-corrected chi connectivity index (χ2v) is 9.08. The van der Waals surface area contributed by atoms with Crippen LogP contribution in [0.4, 0.5) is 5.13 Å². The molecule has 0 fully saturated rings. The summed E-state index contributed by atoms with van der Waals surface area (Å²) in [6.45, 7) is 0. The Balaban J connectivity index is 1.41. The molecule has 2 heterocycles. The minimum absolute atomic E-state index is 0.0179. The first-order chi connectivity index (χ1) is 14.0. The van der Waals surface area contributed by atoms with Crippen LogP contribution in [-0.4, -0.2) is 24.2 Å². The zero-order valence-electron chi connectivity index (χ0n) is 15.3. The summed E-state index contributed by atoms with van der Waals surface area (Å²) in [6, 6.07) is 16.1. The molecule has 4 aromatic rings. The van der Waals surface area contributed by atoms with Gasteiger partial charge in [-0.25, -0.2) is 13.4 Å². The van der Waals surface area contributed by atoms with Gasteiger partial charge in [0.25, 0.3) is 10.0 Å². The Labute approximate surface area is 172 Å². The summed E-state index contributed by atoms with van der Waals surface area (Å²) < 4.78 is 27.1. The van der Waals surface area contributed by atoms with Crippen LogP contribution in [0, 0.1) is 0 Å². The number of pyridine rings is 1. The lowest BCUT2D eigenvalue weighted by Crippen LogP contribution is -2.13. The van der Waals surface area contributed by atoms with E-state index < -0.39 is 10.0 Å². The summed E-state index contributed by atoms with van der Waals surface area (Å²) in [4.78, 5) is 20.8. The largest absolute Gasteiger partial charge is 0.299 e. The highest BCUT2D eigenvalue weighted by Gasteiger charge is 2.16. The molecule has 0 aliphatic heterocycles. The summed E-state index contributed by atoms with van der Waals surface area (Å²) in [7, 11) is -3.69. The van der Waals surface area contributed by atoms with Crippen molar-refractivity contribution in [3.05, 3.63) is 83.6 Å². The van der Waals surface area contributed by atoms with E-state index in [2.05, 4.69) is 14.7 Å². The molecule has 2 aromatic heterocycles. The number of aromatic nitrogens is 2. The third-order valence-electron chi connectivity index (χ3n) is 4.35. The van der Waals surface area contributed by atoms with Gasteiger partial charge in [0, 0.05) is 41.7 Å². The zero-order valence-corrected chi connectivity index (χ0v) is 16.9. The molecule has 0 spiro atoms. The average Bonchev–Trinajstić information content (AvgIpc) is 3.20. The highest BCUT2D eigenvalue weighted by Crippen LogP contribution is 2.19. The lowest BCUT2D eigenvalue weighted by molar-refractivity contribution is -0.117. The van der Waals surface area contributed by atoms with E-state index in [1.807, 2.05) is 30.3 Å². The number of benzene rings is 2. The topological polar surface area (TPSA) is 89.0 Å². The van der Waals surface area contributed by atoms with Gasteiger partial charge in [0.05, 0.1) is 4.90 Å². The van der Waals surface area contributed by atoms with Crippen molar-refractivity contribution in [1.29, 1.82) is 0 Å². The molecule has 0 aliphatic carbocycles. The van der Waals surface area contributed by atoms with E-state index in [-0.39, 0.29) is 23.5 Å². The van der Waals surface area contributed by atoms with Crippen molar-refractivity contribution in [1.82, 2.24) is 9.97 Å². The molecule has 6 nitrogen and oxygen atoms in total. The van der Waals surface area contributed by atoms with Gasteiger partial charge in [-0.3, -0.25) is 14.5 Å². The molecular formula is C21H17N3O3S2. The van der Waals surface area contributed by atoms with Crippen LogP contribution in [-0.2, 0) is 27.7 Å². The van der Waals surface area contributed by atoms with Crippen molar-refractivity contribution in [2.24, 2.45) is 0 Å². The maximum atomic E-state index is 12.4. The minimum Gasteiger partial charge on any atom is -0.299 e. The van der Waals surface area contributed by atoms with E-state index in [0.29, 0.717) is 5.13 Å². The van der Waals surface area contributed by atoms with E-state index in [9.17, 15) is 13.2 Å². The summed E-state index contributed by atoms with van der Waals surface area (Å²) in [5.41, 5.74) is 1.48. The maximum absolute atomic E-state index is 12.4. The quantitative estimate of drug-likeness (QED) is 0.488. The van der Waals surface area contributed by atoms with Crippen LogP contribution in [0.2, 0.25) is 0 Å². The Bertz CT molecular complexity index is 1250. The summed E-state index contributed by atoms with van der Waals surface area (Å²) in [5, 5.41) is 4.09. The number of carbonyl (C=O) groups is 1. The van der Waals surface area contributed by atoms with Gasteiger partial charge in [0.2, 0.25) is 0 Å². The van der Waals surface area contributed by atoms with Crippen LogP contribution < -0.4 is 4.72 Å². The number of nitrogens with one attached hydrogen (secondary N) is 1. The minimum atomic E-state index is -3.69. The molecule has 0 bridgehead atoms. The molecular weight excluding hydrogens is 406 g/mol. The van der Waals surface area contributed by atoms with Crippen LogP contribution in [0.25, 0.3) is 10.8 Å². The van der Waals surface area contributed by atoms with Gasteiger partial charge in [-0.1, -0.05) is 36.4 Å². The number of hydrogen-bond donors (Lipinski definition) is 1. The van der Waals surface area contributed by atoms with Crippen LogP contribution in [0.1, 0.15) is 11.3 Å². The molecule has 4 rings (SSSR count). The first-order valence-corrected chi connectivity index (χ1v) is 11.2. The Kier molecular flexibility index (Phi) is 5.37. The molecule has 0 aliphatic rings. The van der Waals surface area contributed by atoms with E-state index in [4.69, 9.17) is 0 Å². The highest BCUT2D eigenvalue weighted by atomic mass is 32.2. The lowest BCUT2D eigenvalue weighted by atomic mass is 10.0. The monoisotopic (exact) mass is 423 g/mol. The number of thiazole rings is 1. The molecule has 0 saturated carbocycles. The highest BCUT2D eigenvalue weighted by molar-refractivity contribution is 7.93. The van der Waals surface area contributed by atoms with Crippen molar-refractivity contribution in [3.8, 4) is 0 Å². The van der Waals surface area contributed by atoms with Crippen LogP contribution in [0.5, 0.6) is 0 Å². The zero-order chi connectivity index (χ0) is 20.3. The fraction of sp³-hybridized carbons (Fsp3) is 0.0952. The van der Waals surface area contributed by atoms with Crippen LogP contribution in [0.15, 0.2) is 77.3 Å². The number of rotatable bonds is 7. The van der Waals surface area contributed by atoms with Gasteiger partial charge in [-0.15, -0.1) is 11.3 Å². The molecule has 0 unspecified atom stereocenters. The van der Waals surface area contributed by atoms with E-state index in [1.54, 1.807) is 23.7 Å². The molecule has 2 aromatic carbocycles. The van der Waals surface area contributed by atoms with E-state index in [1.165, 1.54) is 29.7 Å². The third-order valence-corrected chi connectivity index (χ3v) is 6.53. The molecule has 0 amide bonds. The molecule has 8 heteroatoms. The van der Waals surface area contributed by atoms with Gasteiger partial charge in [0.1, 0.15) is 5.78 Å². The van der Waals surface area contributed by atoms with Crippen molar-refractivity contribution < 1.29 is 13.2 Å². The number of fused-ring (bicyclic) bond motifs is 1. The molecule has 1 N–H and O–H groups in total. The average molecular weight is 424 g/mol. The fourth-order valence-corrected chi connectivity index (χ4v) is 4.74. The Hall–Kier alpha value is -3.10. The summed E-state index contributed by atoms with van der Waals surface area (Å²) in [5.74, 6) is 0.0179. The van der Waals surface area contributed by atoms with Gasteiger partial charge in [0.15, 0.2) is 5.13 Å². The second kappa shape index (κ2) is 8.10. The Morgan fingerprint density at radius 1 is 0.966 bits per heavy atom. The number of anilines is 1. The number of nitrogens with zero attached hydrogens (tertiary/aromatic N) is 2. The number of ketones is 1. The molecule has 29 heavy (non-hydrogen) atoms. The van der Waals surface area contributed by atoms with Gasteiger partial charge < -0.3 is 0 Å². The Morgan fingerprint density at radius 3 is 2.45 bits per heavy atom. The van der Waals surface area contributed by atoms with Gasteiger partial charge >= 0.3 is 0 Å². The summed E-state index contributed by atoms with van der Waals surface area (Å²) in [6.07, 6.45) is 3.75. The van der Waals surface area contributed by atoms with E-state index in [0.717, 1.165) is 22.0 Å². The first-order valence-electron chi connectivity index (χ1n) is 8.86. The predicted octanol–water partition coefficient (Wildman–Crippen LogP) is 3.85. The van der Waals surface area contributed by atoms with Gasteiger partial charge in [-0.05, 0) is 29.1 Å². The first kappa shape index (κ1) is 19.2. The van der Waals surface area contributed by atoms with Crippen molar-refractivity contribution in [2.75, 3.05) is 4.72 Å². The summed E-state index contributed by atoms with van der Waals surface area (Å²) >= 11 is 1.21. The smallest absolute Gasteiger partial charge is 0.263 e. The predicted molar refractivity (Wildman–Crippen MR) is 114 cm³/mol. The van der Waals surface area contributed by atoms with Crippen molar-refractivity contribution in [2.45, 2.75) is 17.7 Å². The lowest BCUT2D eigenvalue weighted by Gasteiger charge is -2.07. The molecule has 0 atom stereocenters. The molecule has 0 saturated heterocycles.